The van der Waals surface area contributed by atoms with Crippen LogP contribution in [0.1, 0.15) is 21.7 Å². The monoisotopic (exact) mass is 341 g/mol. The quantitative estimate of drug-likeness (QED) is 0.671. The van der Waals surface area contributed by atoms with Crippen LogP contribution in [0.3, 0.4) is 0 Å². The van der Waals surface area contributed by atoms with Crippen molar-refractivity contribution < 1.29 is 14.6 Å². The molecule has 130 valence electrons. The maximum atomic E-state index is 11.6. The van der Waals surface area contributed by atoms with E-state index in [1.54, 1.807) is 32.2 Å². The Bertz CT molecular complexity index is 931. The van der Waals surface area contributed by atoms with Crippen LogP contribution in [0.5, 0.6) is 5.75 Å². The first-order valence-electron chi connectivity index (χ1n) is 7.52. The van der Waals surface area contributed by atoms with Crippen molar-refractivity contribution in [3.05, 3.63) is 69.8 Å². The van der Waals surface area contributed by atoms with Gasteiger partial charge in [-0.15, -0.1) is 0 Å². The molecule has 0 aliphatic rings. The van der Waals surface area contributed by atoms with Gasteiger partial charge in [-0.2, -0.15) is 0 Å². The minimum absolute atomic E-state index is 0.335. The highest BCUT2D eigenvalue weighted by atomic mass is 16.5. The van der Waals surface area contributed by atoms with Crippen LogP contribution in [0, 0.1) is 6.92 Å². The van der Waals surface area contributed by atoms with E-state index in [0.717, 1.165) is 16.9 Å². The van der Waals surface area contributed by atoms with E-state index in [2.05, 4.69) is 9.97 Å². The van der Waals surface area contributed by atoms with Gasteiger partial charge in [0.15, 0.2) is 0 Å². The van der Waals surface area contributed by atoms with Gasteiger partial charge in [0, 0.05) is 6.54 Å². The van der Waals surface area contributed by atoms with E-state index in [0.29, 0.717) is 17.4 Å². The molecule has 0 atom stereocenters. The van der Waals surface area contributed by atoms with E-state index < -0.39 is 11.5 Å². The van der Waals surface area contributed by atoms with Gasteiger partial charge in [-0.3, -0.25) is 4.79 Å². The highest BCUT2D eigenvalue weighted by Crippen LogP contribution is 2.12. The Hall–Kier alpha value is -3.19. The number of aromatic nitrogens is 2. The Balaban J connectivity index is 0.000000196. The average Bonchev–Trinajstić information content (AvgIpc) is 2.62. The molecule has 0 aliphatic heterocycles. The van der Waals surface area contributed by atoms with E-state index in [1.165, 1.54) is 0 Å². The second-order valence-corrected chi connectivity index (χ2v) is 5.24. The molecule has 0 saturated carbocycles. The first kappa shape index (κ1) is 18.2. The summed E-state index contributed by atoms with van der Waals surface area (Å²) in [5.74, 6) is -0.712. The fraction of sp³-hybridized carbons (Fsp3) is 0.167. The van der Waals surface area contributed by atoms with Crippen LogP contribution in [0.25, 0.3) is 10.9 Å². The molecule has 0 amide bonds. The van der Waals surface area contributed by atoms with Gasteiger partial charge in [-0.05, 0) is 36.2 Å². The molecule has 25 heavy (non-hydrogen) atoms. The lowest BCUT2D eigenvalue weighted by molar-refractivity contribution is 0.0683. The molecule has 7 nitrogen and oxygen atoms in total. The van der Waals surface area contributed by atoms with Crippen molar-refractivity contribution >= 4 is 16.9 Å². The molecule has 0 spiro atoms. The van der Waals surface area contributed by atoms with Gasteiger partial charge in [0.05, 0.1) is 18.0 Å². The lowest BCUT2D eigenvalue weighted by atomic mass is 10.1. The minimum Gasteiger partial charge on any atom is -0.497 e. The summed E-state index contributed by atoms with van der Waals surface area (Å²) in [7, 11) is 1.65. The minimum atomic E-state index is -1.24. The largest absolute Gasteiger partial charge is 0.497 e. The summed E-state index contributed by atoms with van der Waals surface area (Å²) in [4.78, 5) is 28.3. The molecule has 2 aromatic carbocycles. The molecule has 0 fully saturated rings. The third-order valence-corrected chi connectivity index (χ3v) is 3.51. The van der Waals surface area contributed by atoms with Crippen LogP contribution in [-0.4, -0.2) is 28.2 Å². The zero-order valence-corrected chi connectivity index (χ0v) is 13.9. The van der Waals surface area contributed by atoms with E-state index in [-0.39, 0.29) is 5.82 Å². The molecular weight excluding hydrogens is 322 g/mol. The number of carbonyl (C=O) groups is 1. The molecule has 0 unspecified atom stereocenters. The molecule has 0 saturated heterocycles. The predicted octanol–water partition coefficient (Wildman–Crippen LogP) is 2.08. The first-order valence-corrected chi connectivity index (χ1v) is 7.52. The number of benzene rings is 2. The Kier molecular flexibility index (Phi) is 5.86. The number of fused-ring (bicyclic) bond motifs is 1. The van der Waals surface area contributed by atoms with Crippen LogP contribution >= 0.6 is 0 Å². The van der Waals surface area contributed by atoms with Crippen molar-refractivity contribution in [2.24, 2.45) is 5.73 Å². The number of hydrogen-bond acceptors (Lipinski definition) is 5. The predicted molar refractivity (Wildman–Crippen MR) is 94.9 cm³/mol. The van der Waals surface area contributed by atoms with E-state index in [1.807, 2.05) is 24.3 Å². The summed E-state index contributed by atoms with van der Waals surface area (Å²) in [5.41, 5.74) is 7.27. The van der Waals surface area contributed by atoms with E-state index in [9.17, 15) is 9.59 Å². The Morgan fingerprint density at radius 3 is 2.64 bits per heavy atom. The molecule has 7 heteroatoms. The highest BCUT2D eigenvalue weighted by molar-refractivity contribution is 5.88. The summed E-state index contributed by atoms with van der Waals surface area (Å²) >= 11 is 0. The molecule has 0 bridgehead atoms. The number of nitrogens with one attached hydrogen (secondary N) is 1. The van der Waals surface area contributed by atoms with Crippen LogP contribution in [-0.2, 0) is 6.54 Å². The number of methoxy groups -OCH3 is 1. The second-order valence-electron chi connectivity index (χ2n) is 5.24. The summed E-state index contributed by atoms with van der Waals surface area (Å²) in [5, 5.41) is 9.14. The normalized spacial score (nSPS) is 10.0. The number of aryl methyl sites for hydroxylation is 1. The number of H-pyrrole nitrogens is 1. The average molecular weight is 341 g/mol. The van der Waals surface area contributed by atoms with Gasteiger partial charge in [0.1, 0.15) is 5.75 Å². The van der Waals surface area contributed by atoms with Crippen LogP contribution in [0.2, 0.25) is 0 Å². The van der Waals surface area contributed by atoms with Crippen LogP contribution in [0.15, 0.2) is 47.3 Å². The maximum Gasteiger partial charge on any atom is 0.372 e. The van der Waals surface area contributed by atoms with Gasteiger partial charge in [0.2, 0.25) is 5.82 Å². The van der Waals surface area contributed by atoms with Crippen molar-refractivity contribution in [3.63, 3.8) is 0 Å². The molecule has 4 N–H and O–H groups in total. The first-order chi connectivity index (χ1) is 12.0. The summed E-state index contributed by atoms with van der Waals surface area (Å²) in [6.07, 6.45) is 0. The molecule has 3 rings (SSSR count). The molecule has 1 heterocycles. The third kappa shape index (κ3) is 4.42. The topological polar surface area (TPSA) is 118 Å². The van der Waals surface area contributed by atoms with Gasteiger partial charge in [-0.1, -0.05) is 24.3 Å². The van der Waals surface area contributed by atoms with Crippen molar-refractivity contribution in [2.45, 2.75) is 13.5 Å². The smallest absolute Gasteiger partial charge is 0.372 e. The number of rotatable bonds is 3. The fourth-order valence-corrected chi connectivity index (χ4v) is 2.26. The van der Waals surface area contributed by atoms with Crippen molar-refractivity contribution in [2.75, 3.05) is 7.11 Å². The fourth-order valence-electron chi connectivity index (χ4n) is 2.26. The number of carboxylic acids is 1. The SMILES string of the molecule is COc1cccc(CN)c1.Cc1cccc2nc(C(=O)O)[nH]c(=O)c12. The van der Waals surface area contributed by atoms with E-state index >= 15 is 0 Å². The number of ether oxygens (including phenoxy) is 1. The zero-order chi connectivity index (χ0) is 18.4. The summed E-state index contributed by atoms with van der Waals surface area (Å²) in [6.45, 7) is 2.34. The number of aromatic amines is 1. The number of carboxylic acid groups (broad SMARTS) is 1. The van der Waals surface area contributed by atoms with Crippen LogP contribution < -0.4 is 16.0 Å². The zero-order valence-electron chi connectivity index (χ0n) is 13.9. The Morgan fingerprint density at radius 2 is 2.00 bits per heavy atom. The van der Waals surface area contributed by atoms with Crippen molar-refractivity contribution in [1.82, 2.24) is 9.97 Å². The molecule has 3 aromatic rings. The Labute approximate surface area is 144 Å². The van der Waals surface area contributed by atoms with Crippen molar-refractivity contribution in [1.29, 1.82) is 0 Å². The molecule has 0 radical (unpaired) electrons. The standard InChI is InChI=1S/C10H8N2O3.C8H11NO/c1-5-3-2-4-6-7(5)9(13)12-8(11-6)10(14)15;1-10-8-4-2-3-7(5-8)6-9/h2-4H,1H3,(H,14,15)(H,11,12,13);2-5H,6,9H2,1H3. The van der Waals surface area contributed by atoms with Gasteiger partial charge in [-0.25, -0.2) is 9.78 Å². The van der Waals surface area contributed by atoms with Gasteiger partial charge < -0.3 is 20.6 Å². The molecule has 0 aliphatic carbocycles. The van der Waals surface area contributed by atoms with Gasteiger partial charge in [0.25, 0.3) is 5.56 Å². The molecule has 1 aromatic heterocycles. The second kappa shape index (κ2) is 8.07. The number of nitrogens with zero attached hydrogens (tertiary/aromatic N) is 1. The van der Waals surface area contributed by atoms with E-state index in [4.69, 9.17) is 15.6 Å². The van der Waals surface area contributed by atoms with Crippen molar-refractivity contribution in [3.8, 4) is 5.75 Å². The third-order valence-electron chi connectivity index (χ3n) is 3.51. The lowest BCUT2D eigenvalue weighted by Gasteiger charge is -2.00. The summed E-state index contributed by atoms with van der Waals surface area (Å²) in [6, 6.07) is 12.9. The maximum absolute atomic E-state index is 11.6. The molecular formula is C18H19N3O4. The van der Waals surface area contributed by atoms with Gasteiger partial charge >= 0.3 is 5.97 Å². The Morgan fingerprint density at radius 1 is 1.28 bits per heavy atom. The number of hydrogen-bond donors (Lipinski definition) is 3. The van der Waals surface area contributed by atoms with Crippen LogP contribution in [0.4, 0.5) is 0 Å². The number of nitrogens with two attached hydrogens (primary N) is 1. The number of aromatic carboxylic acids is 1. The highest BCUT2D eigenvalue weighted by Gasteiger charge is 2.10. The summed E-state index contributed by atoms with van der Waals surface area (Å²) < 4.78 is 5.00. The lowest BCUT2D eigenvalue weighted by Crippen LogP contribution is -2.16.